The highest BCUT2D eigenvalue weighted by Crippen LogP contribution is 2.24. The quantitative estimate of drug-likeness (QED) is 0.741. The highest BCUT2D eigenvalue weighted by molar-refractivity contribution is 7.10. The van der Waals surface area contributed by atoms with E-state index in [1.807, 2.05) is 6.92 Å². The van der Waals surface area contributed by atoms with Crippen LogP contribution in [-0.4, -0.2) is 5.78 Å². The molecule has 0 aliphatic carbocycles. The van der Waals surface area contributed by atoms with Crippen molar-refractivity contribution >= 4 is 17.1 Å². The van der Waals surface area contributed by atoms with E-state index in [9.17, 15) is 4.79 Å². The van der Waals surface area contributed by atoms with E-state index in [0.29, 0.717) is 5.92 Å². The van der Waals surface area contributed by atoms with Gasteiger partial charge in [0.15, 0.2) is 0 Å². The summed E-state index contributed by atoms with van der Waals surface area (Å²) in [6, 6.07) is 2.23. The van der Waals surface area contributed by atoms with Crippen molar-refractivity contribution in [2.45, 2.75) is 40.0 Å². The van der Waals surface area contributed by atoms with Crippen molar-refractivity contribution in [3.05, 3.63) is 21.9 Å². The maximum absolute atomic E-state index is 11.1. The summed E-state index contributed by atoms with van der Waals surface area (Å²) in [5.41, 5.74) is 1.31. The van der Waals surface area contributed by atoms with Crippen LogP contribution in [0.4, 0.5) is 0 Å². The summed E-state index contributed by atoms with van der Waals surface area (Å²) in [4.78, 5) is 12.5. The van der Waals surface area contributed by atoms with Crippen molar-refractivity contribution in [3.8, 4) is 0 Å². The molecule has 1 atom stereocenters. The van der Waals surface area contributed by atoms with E-state index in [4.69, 9.17) is 0 Å². The second-order valence-corrected chi connectivity index (χ2v) is 5.17. The molecular weight excluding hydrogens is 192 g/mol. The fourth-order valence-corrected chi connectivity index (χ4v) is 2.24. The Hall–Kier alpha value is -0.630. The van der Waals surface area contributed by atoms with Gasteiger partial charge < -0.3 is 0 Å². The van der Waals surface area contributed by atoms with E-state index in [-0.39, 0.29) is 11.7 Å². The smallest absolute Gasteiger partial charge is 0.132 e. The Labute approximate surface area is 90.2 Å². The number of rotatable bonds is 4. The van der Waals surface area contributed by atoms with Gasteiger partial charge in [-0.1, -0.05) is 20.8 Å². The summed E-state index contributed by atoms with van der Waals surface area (Å²) >= 11 is 1.80. The van der Waals surface area contributed by atoms with E-state index < -0.39 is 0 Å². The molecule has 1 rings (SSSR count). The van der Waals surface area contributed by atoms with Gasteiger partial charge in [-0.2, -0.15) is 0 Å². The van der Waals surface area contributed by atoms with Gasteiger partial charge in [-0.25, -0.2) is 0 Å². The second kappa shape index (κ2) is 4.74. The van der Waals surface area contributed by atoms with Gasteiger partial charge in [0.2, 0.25) is 0 Å². The monoisotopic (exact) mass is 210 g/mol. The predicted molar refractivity (Wildman–Crippen MR) is 62.0 cm³/mol. The lowest BCUT2D eigenvalue weighted by Crippen LogP contribution is -2.08. The van der Waals surface area contributed by atoms with Crippen molar-refractivity contribution in [1.82, 2.24) is 0 Å². The Morgan fingerprint density at radius 2 is 2.07 bits per heavy atom. The second-order valence-electron chi connectivity index (χ2n) is 4.23. The van der Waals surface area contributed by atoms with E-state index in [0.717, 1.165) is 6.42 Å². The molecule has 1 nitrogen and oxygen atoms in total. The van der Waals surface area contributed by atoms with Crippen LogP contribution < -0.4 is 0 Å². The van der Waals surface area contributed by atoms with Gasteiger partial charge in [0.1, 0.15) is 5.78 Å². The third-order valence-electron chi connectivity index (χ3n) is 2.48. The molecule has 78 valence electrons. The highest BCUT2D eigenvalue weighted by atomic mass is 32.1. The van der Waals surface area contributed by atoms with Gasteiger partial charge in [-0.05, 0) is 36.3 Å². The van der Waals surface area contributed by atoms with Crippen LogP contribution in [0.3, 0.4) is 0 Å². The first-order valence-electron chi connectivity index (χ1n) is 5.08. The molecule has 0 spiro atoms. The molecule has 2 heteroatoms. The minimum Gasteiger partial charge on any atom is -0.300 e. The lowest BCUT2D eigenvalue weighted by molar-refractivity contribution is -0.120. The zero-order valence-electron chi connectivity index (χ0n) is 9.33. The number of Topliss-reactive ketones (excluding diaryl/α,β-unsaturated/α-hetero) is 1. The fraction of sp³-hybridized carbons (Fsp3) is 0.583. The van der Waals surface area contributed by atoms with E-state index in [2.05, 4.69) is 25.3 Å². The first-order chi connectivity index (χ1) is 6.50. The lowest BCUT2D eigenvalue weighted by Gasteiger charge is -2.04. The molecule has 0 bridgehead atoms. The van der Waals surface area contributed by atoms with Crippen LogP contribution in [0.2, 0.25) is 0 Å². The topological polar surface area (TPSA) is 17.1 Å². The normalized spacial score (nSPS) is 13.2. The average molecular weight is 210 g/mol. The lowest BCUT2D eigenvalue weighted by atomic mass is 9.99. The Morgan fingerprint density at radius 1 is 1.43 bits per heavy atom. The van der Waals surface area contributed by atoms with Crippen molar-refractivity contribution in [3.63, 3.8) is 0 Å². The molecule has 0 saturated carbocycles. The first kappa shape index (κ1) is 11.4. The SMILES string of the molecule is CC(=O)C(C)Cc1csc(C(C)C)c1. The summed E-state index contributed by atoms with van der Waals surface area (Å²) in [5.74, 6) is 1.04. The van der Waals surface area contributed by atoms with Crippen molar-refractivity contribution < 1.29 is 4.79 Å². The van der Waals surface area contributed by atoms with Gasteiger partial charge in [-0.15, -0.1) is 11.3 Å². The molecule has 0 radical (unpaired) electrons. The highest BCUT2D eigenvalue weighted by Gasteiger charge is 2.10. The van der Waals surface area contributed by atoms with Gasteiger partial charge in [0, 0.05) is 10.8 Å². The molecule has 0 aliphatic rings. The van der Waals surface area contributed by atoms with Gasteiger partial charge in [0.25, 0.3) is 0 Å². The summed E-state index contributed by atoms with van der Waals surface area (Å²) < 4.78 is 0. The Balaban J connectivity index is 2.64. The third kappa shape index (κ3) is 2.95. The Bertz CT molecular complexity index is 312. The van der Waals surface area contributed by atoms with Crippen LogP contribution in [0.1, 0.15) is 44.1 Å². The molecule has 0 aliphatic heterocycles. The Morgan fingerprint density at radius 3 is 2.50 bits per heavy atom. The van der Waals surface area contributed by atoms with Crippen LogP contribution >= 0.6 is 11.3 Å². The molecule has 1 aromatic heterocycles. The van der Waals surface area contributed by atoms with Crippen molar-refractivity contribution in [2.75, 3.05) is 0 Å². The van der Waals surface area contributed by atoms with E-state index in [1.165, 1.54) is 10.4 Å². The zero-order chi connectivity index (χ0) is 10.7. The Kier molecular flexibility index (Phi) is 3.87. The molecule has 14 heavy (non-hydrogen) atoms. The van der Waals surface area contributed by atoms with Crippen LogP contribution in [0.25, 0.3) is 0 Å². The standard InChI is InChI=1S/C12H18OS/c1-8(2)12-6-11(7-14-12)5-9(3)10(4)13/h6-9H,5H2,1-4H3. The van der Waals surface area contributed by atoms with Crippen molar-refractivity contribution in [2.24, 2.45) is 5.92 Å². The minimum absolute atomic E-state index is 0.157. The predicted octanol–water partition coefficient (Wildman–Crippen LogP) is 3.64. The maximum atomic E-state index is 11.1. The number of thiophene rings is 1. The minimum atomic E-state index is 0.157. The number of hydrogen-bond donors (Lipinski definition) is 0. The number of ketones is 1. The summed E-state index contributed by atoms with van der Waals surface area (Å²) in [6.07, 6.45) is 0.887. The third-order valence-corrected chi connectivity index (χ3v) is 3.76. The van der Waals surface area contributed by atoms with Crippen LogP contribution in [0.5, 0.6) is 0 Å². The fourth-order valence-electron chi connectivity index (χ4n) is 1.30. The molecule has 0 fully saturated rings. The van der Waals surface area contributed by atoms with E-state index in [1.54, 1.807) is 18.3 Å². The first-order valence-corrected chi connectivity index (χ1v) is 5.96. The molecule has 0 aromatic carbocycles. The number of hydrogen-bond acceptors (Lipinski definition) is 2. The summed E-state index contributed by atoms with van der Waals surface area (Å²) in [7, 11) is 0. The summed E-state index contributed by atoms with van der Waals surface area (Å²) in [5, 5.41) is 2.18. The molecule has 1 heterocycles. The molecule has 0 amide bonds. The zero-order valence-corrected chi connectivity index (χ0v) is 10.1. The molecule has 1 aromatic rings. The van der Waals surface area contributed by atoms with Crippen molar-refractivity contribution in [1.29, 1.82) is 0 Å². The molecular formula is C12H18OS. The maximum Gasteiger partial charge on any atom is 0.132 e. The van der Waals surface area contributed by atoms with Gasteiger partial charge >= 0.3 is 0 Å². The molecule has 0 N–H and O–H groups in total. The van der Waals surface area contributed by atoms with Gasteiger partial charge in [-0.3, -0.25) is 4.79 Å². The van der Waals surface area contributed by atoms with E-state index >= 15 is 0 Å². The average Bonchev–Trinajstić information content (AvgIpc) is 2.52. The summed E-state index contributed by atoms with van der Waals surface area (Å²) in [6.45, 7) is 8.06. The molecule has 1 unspecified atom stereocenters. The largest absolute Gasteiger partial charge is 0.300 e. The van der Waals surface area contributed by atoms with Crippen LogP contribution in [0, 0.1) is 5.92 Å². The number of carbonyl (C=O) groups is 1. The molecule has 0 saturated heterocycles. The van der Waals surface area contributed by atoms with Crippen LogP contribution in [-0.2, 0) is 11.2 Å². The number of carbonyl (C=O) groups excluding carboxylic acids is 1. The van der Waals surface area contributed by atoms with Crippen LogP contribution in [0.15, 0.2) is 11.4 Å². The van der Waals surface area contributed by atoms with Gasteiger partial charge in [0.05, 0.1) is 0 Å².